The van der Waals surface area contributed by atoms with E-state index in [0.29, 0.717) is 25.2 Å². The predicted octanol–water partition coefficient (Wildman–Crippen LogP) is 0.543. The van der Waals surface area contributed by atoms with Crippen LogP contribution in [0.3, 0.4) is 0 Å². The van der Waals surface area contributed by atoms with Gasteiger partial charge in [-0.3, -0.25) is 0 Å². The lowest BCUT2D eigenvalue weighted by Gasteiger charge is -2.24. The third-order valence-corrected chi connectivity index (χ3v) is 3.44. The molecule has 0 saturated heterocycles. The second-order valence-electron chi connectivity index (χ2n) is 3.67. The molecule has 0 bridgehead atoms. The maximum absolute atomic E-state index is 11.4. The first-order valence-corrected chi connectivity index (χ1v) is 7.03. The van der Waals surface area contributed by atoms with Gasteiger partial charge in [-0.25, -0.2) is 13.6 Å². The van der Waals surface area contributed by atoms with Crippen LogP contribution in [0.5, 0.6) is 0 Å². The number of hydrogen-bond acceptors (Lipinski definition) is 4. The largest absolute Gasteiger partial charge is 0.396 e. The van der Waals surface area contributed by atoms with E-state index in [-0.39, 0.29) is 11.5 Å². The molecular weight excluding hydrogens is 240 g/mol. The van der Waals surface area contributed by atoms with Crippen LogP contribution in [0.2, 0.25) is 0 Å². The fourth-order valence-corrected chi connectivity index (χ4v) is 2.43. The van der Waals surface area contributed by atoms with Crippen LogP contribution >= 0.6 is 0 Å². The lowest BCUT2D eigenvalue weighted by molar-refractivity contribution is 0.289. The first kappa shape index (κ1) is 14.0. The van der Waals surface area contributed by atoms with Crippen LogP contribution in [-0.4, -0.2) is 33.2 Å². The predicted molar refractivity (Wildman–Crippen MR) is 67.4 cm³/mol. The Balaban J connectivity index is 3.11. The van der Waals surface area contributed by atoms with Gasteiger partial charge in [0.15, 0.2) is 0 Å². The van der Waals surface area contributed by atoms with Gasteiger partial charge < -0.3 is 10.0 Å². The quantitative estimate of drug-likeness (QED) is 0.780. The zero-order valence-electron chi connectivity index (χ0n) is 9.83. The van der Waals surface area contributed by atoms with E-state index in [1.165, 1.54) is 6.07 Å². The summed E-state index contributed by atoms with van der Waals surface area (Å²) in [6.07, 6.45) is 0.590. The molecule has 0 heterocycles. The minimum atomic E-state index is -3.72. The molecule has 3 N–H and O–H groups in total. The molecule has 0 radical (unpaired) electrons. The third-order valence-electron chi connectivity index (χ3n) is 2.48. The Morgan fingerprint density at radius 3 is 2.53 bits per heavy atom. The van der Waals surface area contributed by atoms with Crippen molar-refractivity contribution in [1.29, 1.82) is 0 Å². The summed E-state index contributed by atoms with van der Waals surface area (Å²) in [6, 6.07) is 6.63. The molecule has 0 aliphatic rings. The van der Waals surface area contributed by atoms with Gasteiger partial charge in [-0.15, -0.1) is 0 Å². The molecular formula is C11H18N2O3S. The summed E-state index contributed by atoms with van der Waals surface area (Å²) in [5, 5.41) is 14.0. The number of aliphatic hydroxyl groups excluding tert-OH is 1. The maximum Gasteiger partial charge on any atom is 0.240 e. The van der Waals surface area contributed by atoms with Gasteiger partial charge in [0.25, 0.3) is 0 Å². The van der Waals surface area contributed by atoms with Crippen molar-refractivity contribution in [3.05, 3.63) is 24.3 Å². The molecule has 0 aliphatic heterocycles. The van der Waals surface area contributed by atoms with Crippen LogP contribution in [0.4, 0.5) is 5.69 Å². The molecule has 0 amide bonds. The summed E-state index contributed by atoms with van der Waals surface area (Å²) in [4.78, 5) is 2.01. The number of anilines is 1. The van der Waals surface area contributed by atoms with E-state index in [4.69, 9.17) is 10.2 Å². The van der Waals surface area contributed by atoms with Gasteiger partial charge in [-0.1, -0.05) is 12.1 Å². The van der Waals surface area contributed by atoms with Crippen LogP contribution in [0, 0.1) is 0 Å². The lowest BCUT2D eigenvalue weighted by atomic mass is 10.2. The number of benzene rings is 1. The lowest BCUT2D eigenvalue weighted by Crippen LogP contribution is -2.27. The van der Waals surface area contributed by atoms with Crippen molar-refractivity contribution in [3.63, 3.8) is 0 Å². The van der Waals surface area contributed by atoms with Gasteiger partial charge in [0.2, 0.25) is 10.0 Å². The molecule has 1 aromatic rings. The van der Waals surface area contributed by atoms with E-state index in [9.17, 15) is 8.42 Å². The van der Waals surface area contributed by atoms with Crippen molar-refractivity contribution in [3.8, 4) is 0 Å². The summed E-state index contributed by atoms with van der Waals surface area (Å²) in [7, 11) is -3.72. The van der Waals surface area contributed by atoms with Gasteiger partial charge in [0, 0.05) is 19.7 Å². The smallest absolute Gasteiger partial charge is 0.240 e. The van der Waals surface area contributed by atoms with Crippen molar-refractivity contribution in [2.24, 2.45) is 5.14 Å². The Labute approximate surface area is 102 Å². The maximum atomic E-state index is 11.4. The molecule has 5 nitrogen and oxygen atoms in total. The zero-order chi connectivity index (χ0) is 12.9. The number of rotatable bonds is 6. The summed E-state index contributed by atoms with van der Waals surface area (Å²) in [6.45, 7) is 3.26. The second kappa shape index (κ2) is 6.00. The minimum Gasteiger partial charge on any atom is -0.396 e. The van der Waals surface area contributed by atoms with Gasteiger partial charge >= 0.3 is 0 Å². The monoisotopic (exact) mass is 258 g/mol. The number of para-hydroxylation sites is 1. The molecule has 0 fully saturated rings. The highest BCUT2D eigenvalue weighted by atomic mass is 32.2. The Bertz CT molecular complexity index is 460. The van der Waals surface area contributed by atoms with Gasteiger partial charge in [-0.2, -0.15) is 0 Å². The van der Waals surface area contributed by atoms with Crippen LogP contribution in [0.25, 0.3) is 0 Å². The highest BCUT2D eigenvalue weighted by Crippen LogP contribution is 2.23. The van der Waals surface area contributed by atoms with E-state index >= 15 is 0 Å². The molecule has 96 valence electrons. The first-order chi connectivity index (χ1) is 8.00. The molecule has 0 aliphatic carbocycles. The van der Waals surface area contributed by atoms with Crippen molar-refractivity contribution in [2.45, 2.75) is 18.2 Å². The Morgan fingerprint density at radius 1 is 1.35 bits per heavy atom. The highest BCUT2D eigenvalue weighted by Gasteiger charge is 2.16. The molecule has 0 saturated carbocycles. The minimum absolute atomic E-state index is 0.0774. The summed E-state index contributed by atoms with van der Waals surface area (Å²) in [5.41, 5.74) is 0.589. The number of aliphatic hydroxyl groups is 1. The molecule has 0 spiro atoms. The number of primary sulfonamides is 1. The molecule has 6 heteroatoms. The van der Waals surface area contributed by atoms with Crippen molar-refractivity contribution >= 4 is 15.7 Å². The number of nitrogens with two attached hydrogens (primary N) is 1. The van der Waals surface area contributed by atoms with E-state index in [1.807, 2.05) is 11.8 Å². The Morgan fingerprint density at radius 2 is 2.00 bits per heavy atom. The average Bonchev–Trinajstić information content (AvgIpc) is 2.29. The SMILES string of the molecule is CCN(CCCO)c1ccccc1S(N)(=O)=O. The topological polar surface area (TPSA) is 83.6 Å². The molecule has 1 rings (SSSR count). The fraction of sp³-hybridized carbons (Fsp3) is 0.455. The normalized spacial score (nSPS) is 11.5. The zero-order valence-corrected chi connectivity index (χ0v) is 10.7. The average molecular weight is 258 g/mol. The fourth-order valence-electron chi connectivity index (χ4n) is 1.67. The summed E-state index contributed by atoms with van der Waals surface area (Å²) in [5.74, 6) is 0. The number of nitrogens with zero attached hydrogens (tertiary/aromatic N) is 1. The Kier molecular flexibility index (Phi) is 4.92. The van der Waals surface area contributed by atoms with E-state index < -0.39 is 10.0 Å². The van der Waals surface area contributed by atoms with Crippen molar-refractivity contribution < 1.29 is 13.5 Å². The summed E-state index contributed by atoms with van der Waals surface area (Å²) < 4.78 is 22.9. The van der Waals surface area contributed by atoms with Gasteiger partial charge in [-0.05, 0) is 25.5 Å². The number of sulfonamides is 1. The van der Waals surface area contributed by atoms with Gasteiger partial charge in [0.05, 0.1) is 5.69 Å². The van der Waals surface area contributed by atoms with Crippen LogP contribution in [-0.2, 0) is 10.0 Å². The molecule has 1 aromatic carbocycles. The highest BCUT2D eigenvalue weighted by molar-refractivity contribution is 7.89. The van der Waals surface area contributed by atoms with Crippen molar-refractivity contribution in [2.75, 3.05) is 24.6 Å². The molecule has 0 atom stereocenters. The third kappa shape index (κ3) is 3.69. The molecule has 0 unspecified atom stereocenters. The summed E-state index contributed by atoms with van der Waals surface area (Å²) >= 11 is 0. The molecule has 0 aromatic heterocycles. The second-order valence-corrected chi connectivity index (χ2v) is 5.20. The van der Waals surface area contributed by atoms with E-state index in [1.54, 1.807) is 18.2 Å². The van der Waals surface area contributed by atoms with Crippen LogP contribution < -0.4 is 10.0 Å². The first-order valence-electron chi connectivity index (χ1n) is 5.48. The van der Waals surface area contributed by atoms with E-state index in [2.05, 4.69) is 0 Å². The van der Waals surface area contributed by atoms with Crippen molar-refractivity contribution in [1.82, 2.24) is 0 Å². The Hall–Kier alpha value is -1.11. The van der Waals surface area contributed by atoms with Gasteiger partial charge in [0.1, 0.15) is 4.90 Å². The standard InChI is InChI=1S/C11H18N2O3S/c1-2-13(8-5-9-14)10-6-3-4-7-11(10)17(12,15)16/h3-4,6-7,14H,2,5,8-9H2,1H3,(H2,12,15,16). The number of hydrogen-bond donors (Lipinski definition) is 2. The molecule has 17 heavy (non-hydrogen) atoms. The van der Waals surface area contributed by atoms with E-state index in [0.717, 1.165) is 0 Å². The van der Waals surface area contributed by atoms with Crippen LogP contribution in [0.1, 0.15) is 13.3 Å². The van der Waals surface area contributed by atoms with Crippen LogP contribution in [0.15, 0.2) is 29.2 Å².